The Morgan fingerprint density at radius 3 is 2.74 bits per heavy atom. The highest BCUT2D eigenvalue weighted by Crippen LogP contribution is 2.30. The van der Waals surface area contributed by atoms with E-state index >= 15 is 0 Å². The van der Waals surface area contributed by atoms with Crippen LogP contribution in [0, 0.1) is 0 Å². The van der Waals surface area contributed by atoms with Crippen molar-refractivity contribution in [2.45, 2.75) is 46.1 Å². The lowest BCUT2D eigenvalue weighted by molar-refractivity contribution is 0.0956. The van der Waals surface area contributed by atoms with Gasteiger partial charge in [-0.15, -0.1) is 0 Å². The summed E-state index contributed by atoms with van der Waals surface area (Å²) in [4.78, 5) is 26.2. The van der Waals surface area contributed by atoms with Gasteiger partial charge in [-0.1, -0.05) is 32.4 Å². The number of rotatable bonds is 6. The van der Waals surface area contributed by atoms with Gasteiger partial charge in [0.1, 0.15) is 11.4 Å². The molecule has 178 valence electrons. The van der Waals surface area contributed by atoms with Gasteiger partial charge < -0.3 is 21.3 Å². The largest absolute Gasteiger partial charge is 0.352 e. The minimum Gasteiger partial charge on any atom is -0.352 e. The van der Waals surface area contributed by atoms with Crippen molar-refractivity contribution in [3.8, 4) is 0 Å². The molecular formula is C25H30ClN7O. The van der Waals surface area contributed by atoms with Crippen LogP contribution in [0.4, 0.5) is 23.1 Å². The Morgan fingerprint density at radius 2 is 1.97 bits per heavy atom. The third-order valence-electron chi connectivity index (χ3n) is 5.58. The van der Waals surface area contributed by atoms with Crippen LogP contribution >= 0.6 is 11.6 Å². The van der Waals surface area contributed by atoms with Crippen molar-refractivity contribution in [2.24, 2.45) is 0 Å². The van der Waals surface area contributed by atoms with Crippen LogP contribution in [0.15, 0.2) is 36.7 Å². The van der Waals surface area contributed by atoms with Gasteiger partial charge in [-0.2, -0.15) is 4.98 Å². The minimum absolute atomic E-state index is 0.111. The molecule has 0 saturated carbocycles. The lowest BCUT2D eigenvalue weighted by Gasteiger charge is -2.20. The molecule has 3 heterocycles. The first-order valence-electron chi connectivity index (χ1n) is 11.4. The van der Waals surface area contributed by atoms with Gasteiger partial charge in [0.05, 0.1) is 0 Å². The minimum atomic E-state index is -0.244. The molecule has 0 spiro atoms. The van der Waals surface area contributed by atoms with Gasteiger partial charge in [0.15, 0.2) is 0 Å². The fourth-order valence-corrected chi connectivity index (χ4v) is 4.07. The number of carbonyl (C=O) groups is 1. The molecule has 0 radical (unpaired) electrons. The molecule has 2 aromatic heterocycles. The molecule has 1 aliphatic rings. The molecule has 0 unspecified atom stereocenters. The van der Waals surface area contributed by atoms with E-state index in [0.29, 0.717) is 28.9 Å². The molecule has 34 heavy (non-hydrogen) atoms. The summed E-state index contributed by atoms with van der Waals surface area (Å²) in [5.74, 6) is 0.527. The van der Waals surface area contributed by atoms with Crippen molar-refractivity contribution in [3.63, 3.8) is 0 Å². The molecule has 1 aliphatic heterocycles. The topological polar surface area (TPSA) is 104 Å². The maximum absolute atomic E-state index is 12.7. The number of fused-ring (bicyclic) bond motifs is 1. The number of carbonyl (C=O) groups excluding carboxylic acids is 1. The van der Waals surface area contributed by atoms with E-state index < -0.39 is 0 Å². The summed E-state index contributed by atoms with van der Waals surface area (Å²) < 4.78 is 0. The summed E-state index contributed by atoms with van der Waals surface area (Å²) in [6.45, 7) is 10.4. The summed E-state index contributed by atoms with van der Waals surface area (Å²) in [5.41, 5.74) is 5.11. The number of amides is 1. The van der Waals surface area contributed by atoms with E-state index in [2.05, 4.69) is 63.1 Å². The lowest BCUT2D eigenvalue weighted by atomic mass is 9.91. The molecular weight excluding hydrogens is 450 g/mol. The fraction of sp³-hybridized carbons (Fsp3) is 0.360. The first-order chi connectivity index (χ1) is 16.2. The Labute approximate surface area is 205 Å². The van der Waals surface area contributed by atoms with Crippen molar-refractivity contribution in [1.29, 1.82) is 0 Å². The third kappa shape index (κ3) is 5.46. The second kappa shape index (κ2) is 9.95. The highest BCUT2D eigenvalue weighted by atomic mass is 35.5. The zero-order valence-corrected chi connectivity index (χ0v) is 20.7. The Balaban J connectivity index is 1.66. The molecule has 3 aromatic rings. The molecule has 0 fully saturated rings. The predicted molar refractivity (Wildman–Crippen MR) is 136 cm³/mol. The number of hydrogen-bond acceptors (Lipinski definition) is 7. The zero-order chi connectivity index (χ0) is 24.3. The molecule has 0 saturated heterocycles. The van der Waals surface area contributed by atoms with Crippen LogP contribution in [0.3, 0.4) is 0 Å². The summed E-state index contributed by atoms with van der Waals surface area (Å²) in [5, 5.41) is 13.4. The lowest BCUT2D eigenvalue weighted by Crippen LogP contribution is -2.24. The number of anilines is 4. The van der Waals surface area contributed by atoms with Crippen molar-refractivity contribution in [3.05, 3.63) is 64.1 Å². The predicted octanol–water partition coefficient (Wildman–Crippen LogP) is 4.71. The molecule has 1 amide bonds. The molecule has 4 N–H and O–H groups in total. The van der Waals surface area contributed by atoms with Crippen molar-refractivity contribution in [1.82, 2.24) is 25.6 Å². The van der Waals surface area contributed by atoms with Crippen LogP contribution in [-0.2, 0) is 18.4 Å². The quantitative estimate of drug-likeness (QED) is 0.406. The van der Waals surface area contributed by atoms with E-state index in [1.807, 2.05) is 25.1 Å². The van der Waals surface area contributed by atoms with Crippen LogP contribution in [0.2, 0.25) is 5.02 Å². The summed E-state index contributed by atoms with van der Waals surface area (Å²) >= 11 is 6.51. The van der Waals surface area contributed by atoms with Crippen molar-refractivity contribution in [2.75, 3.05) is 23.7 Å². The van der Waals surface area contributed by atoms with E-state index in [4.69, 9.17) is 11.6 Å². The van der Waals surface area contributed by atoms with E-state index in [9.17, 15) is 4.79 Å². The number of benzene rings is 1. The Hall–Kier alpha value is -3.23. The highest BCUT2D eigenvalue weighted by molar-refractivity contribution is 6.31. The van der Waals surface area contributed by atoms with Gasteiger partial charge >= 0.3 is 0 Å². The van der Waals surface area contributed by atoms with E-state index in [1.165, 1.54) is 11.8 Å². The standard InChI is InChI=1S/C25H30ClN7O/c1-5-28-23(34)19-14-30-24(32-17-10-15-6-8-27-13-18(15)20(26)11-17)33-22(19)31-16-7-9-29-21(12-16)25(2,3)4/h7,9-12,14,27H,5-6,8,13H2,1-4H3,(H,28,34)(H2,29,30,31,32,33). The van der Waals surface area contributed by atoms with Crippen LogP contribution < -0.4 is 21.3 Å². The van der Waals surface area contributed by atoms with Gasteiger partial charge in [0.25, 0.3) is 5.91 Å². The average molecular weight is 480 g/mol. The van der Waals surface area contributed by atoms with Gasteiger partial charge in [0, 0.05) is 53.0 Å². The molecule has 8 nitrogen and oxygen atoms in total. The number of aromatic nitrogens is 3. The monoisotopic (exact) mass is 479 g/mol. The average Bonchev–Trinajstić information content (AvgIpc) is 2.79. The van der Waals surface area contributed by atoms with Crippen LogP contribution in [0.25, 0.3) is 0 Å². The Morgan fingerprint density at radius 1 is 1.15 bits per heavy atom. The number of pyridine rings is 1. The Kier molecular flexibility index (Phi) is 7.00. The van der Waals surface area contributed by atoms with E-state index in [0.717, 1.165) is 42.1 Å². The third-order valence-corrected chi connectivity index (χ3v) is 5.92. The summed E-state index contributed by atoms with van der Waals surface area (Å²) in [7, 11) is 0. The number of nitrogens with zero attached hydrogens (tertiary/aromatic N) is 3. The van der Waals surface area contributed by atoms with E-state index in [-0.39, 0.29) is 11.3 Å². The van der Waals surface area contributed by atoms with Gasteiger partial charge in [-0.3, -0.25) is 9.78 Å². The first kappa shape index (κ1) is 23.9. The maximum Gasteiger partial charge on any atom is 0.256 e. The summed E-state index contributed by atoms with van der Waals surface area (Å²) in [6.07, 6.45) is 4.18. The summed E-state index contributed by atoms with van der Waals surface area (Å²) in [6, 6.07) is 7.77. The molecule has 0 atom stereocenters. The smallest absolute Gasteiger partial charge is 0.256 e. The fourth-order valence-electron chi connectivity index (χ4n) is 3.77. The zero-order valence-electron chi connectivity index (χ0n) is 19.9. The maximum atomic E-state index is 12.7. The van der Waals surface area contributed by atoms with Gasteiger partial charge in [-0.05, 0) is 55.3 Å². The van der Waals surface area contributed by atoms with Crippen molar-refractivity contribution < 1.29 is 4.79 Å². The highest BCUT2D eigenvalue weighted by Gasteiger charge is 2.19. The molecule has 9 heteroatoms. The number of halogens is 1. The van der Waals surface area contributed by atoms with Gasteiger partial charge in [0.2, 0.25) is 5.95 Å². The SMILES string of the molecule is CCNC(=O)c1cnc(Nc2cc(Cl)c3c(c2)CCNC3)nc1Nc1ccnc(C(C)(C)C)c1. The van der Waals surface area contributed by atoms with Crippen LogP contribution in [-0.4, -0.2) is 33.9 Å². The second-order valence-electron chi connectivity index (χ2n) is 9.27. The van der Waals surface area contributed by atoms with Crippen LogP contribution in [0.1, 0.15) is 54.9 Å². The Bertz CT molecular complexity index is 1210. The van der Waals surface area contributed by atoms with E-state index in [1.54, 1.807) is 6.20 Å². The molecule has 1 aromatic carbocycles. The number of nitrogens with one attached hydrogen (secondary N) is 4. The normalized spacial score (nSPS) is 13.2. The molecule has 0 aliphatic carbocycles. The first-order valence-corrected chi connectivity index (χ1v) is 11.8. The van der Waals surface area contributed by atoms with Gasteiger partial charge in [-0.25, -0.2) is 4.98 Å². The number of hydrogen-bond donors (Lipinski definition) is 4. The van der Waals surface area contributed by atoms with Crippen molar-refractivity contribution >= 4 is 40.6 Å². The van der Waals surface area contributed by atoms with Crippen LogP contribution in [0.5, 0.6) is 0 Å². The second-order valence-corrected chi connectivity index (χ2v) is 9.67. The molecule has 0 bridgehead atoms. The molecule has 4 rings (SSSR count).